The molecule has 1 heterocycles. The third kappa shape index (κ3) is 2.33. The Kier molecular flexibility index (Phi) is 4.12. The molecule has 2 rings (SSSR count). The summed E-state index contributed by atoms with van der Waals surface area (Å²) in [6.45, 7) is 7.68. The van der Waals surface area contributed by atoms with E-state index >= 15 is 0 Å². The summed E-state index contributed by atoms with van der Waals surface area (Å²) in [4.78, 5) is 0.296. The molecular weight excluding hydrogens is 272 g/mol. The molecule has 2 N–H and O–H groups in total. The van der Waals surface area contributed by atoms with Gasteiger partial charge in [0.2, 0.25) is 10.0 Å². The highest BCUT2D eigenvalue weighted by molar-refractivity contribution is 7.89. The molecule has 0 radical (unpaired) electrons. The Balaban J connectivity index is 2.59. The number of sulfonamides is 1. The minimum atomic E-state index is -3.52. The largest absolute Gasteiger partial charge is 0.397 e. The summed E-state index contributed by atoms with van der Waals surface area (Å²) in [6, 6.07) is 3.84. The summed E-state index contributed by atoms with van der Waals surface area (Å²) >= 11 is 0. The van der Waals surface area contributed by atoms with Crippen LogP contribution in [-0.2, 0) is 10.0 Å². The Morgan fingerprint density at radius 3 is 2.45 bits per heavy atom. The number of anilines is 1. The minimum absolute atomic E-state index is 0.0456. The fourth-order valence-corrected chi connectivity index (χ4v) is 5.47. The lowest BCUT2D eigenvalue weighted by atomic mass is 10.1. The highest BCUT2D eigenvalue weighted by Gasteiger charge is 2.40. The highest BCUT2D eigenvalue weighted by atomic mass is 32.2. The first-order valence-electron chi connectivity index (χ1n) is 7.19. The van der Waals surface area contributed by atoms with Crippen LogP contribution >= 0.6 is 0 Å². The van der Waals surface area contributed by atoms with Crippen molar-refractivity contribution < 1.29 is 8.42 Å². The molecular formula is C15H24N2O2S. The minimum Gasteiger partial charge on any atom is -0.397 e. The summed E-state index contributed by atoms with van der Waals surface area (Å²) in [5, 5.41) is 0. The van der Waals surface area contributed by atoms with Crippen LogP contribution in [0.2, 0.25) is 0 Å². The normalized spacial score (nSPS) is 24.2. The Bertz CT molecular complexity index is 611. The van der Waals surface area contributed by atoms with Gasteiger partial charge in [-0.25, -0.2) is 8.42 Å². The summed E-state index contributed by atoms with van der Waals surface area (Å²) in [6.07, 6.45) is 2.69. The van der Waals surface area contributed by atoms with E-state index in [2.05, 4.69) is 0 Å². The fraction of sp³-hybridized carbons (Fsp3) is 0.600. The molecule has 1 aromatic rings. The molecule has 1 aliphatic rings. The molecule has 20 heavy (non-hydrogen) atoms. The number of nitrogens with zero attached hydrogens (tertiary/aromatic N) is 1. The molecule has 0 amide bonds. The highest BCUT2D eigenvalue weighted by Crippen LogP contribution is 2.36. The monoisotopic (exact) mass is 296 g/mol. The Labute approximate surface area is 122 Å². The third-order valence-corrected chi connectivity index (χ3v) is 6.60. The van der Waals surface area contributed by atoms with Gasteiger partial charge in [-0.2, -0.15) is 4.31 Å². The van der Waals surface area contributed by atoms with Crippen molar-refractivity contribution in [1.29, 1.82) is 0 Å². The topological polar surface area (TPSA) is 63.4 Å². The van der Waals surface area contributed by atoms with Crippen molar-refractivity contribution in [3.63, 3.8) is 0 Å². The maximum Gasteiger partial charge on any atom is 0.245 e. The molecule has 2 atom stereocenters. The van der Waals surface area contributed by atoms with Crippen LogP contribution in [0.15, 0.2) is 17.0 Å². The Hall–Kier alpha value is -1.07. The summed E-state index contributed by atoms with van der Waals surface area (Å²) in [5.74, 6) is 0. The van der Waals surface area contributed by atoms with Crippen molar-refractivity contribution in [3.8, 4) is 0 Å². The quantitative estimate of drug-likeness (QED) is 0.872. The third-order valence-electron chi connectivity index (χ3n) is 4.33. The molecule has 1 fully saturated rings. The van der Waals surface area contributed by atoms with E-state index in [1.807, 2.05) is 39.8 Å². The molecule has 5 heteroatoms. The van der Waals surface area contributed by atoms with Gasteiger partial charge in [0.25, 0.3) is 0 Å². The van der Waals surface area contributed by atoms with Crippen molar-refractivity contribution >= 4 is 15.7 Å². The first-order chi connectivity index (χ1) is 9.30. The lowest BCUT2D eigenvalue weighted by Crippen LogP contribution is -2.40. The van der Waals surface area contributed by atoms with E-state index in [-0.39, 0.29) is 12.1 Å². The molecule has 0 aromatic heterocycles. The zero-order chi connectivity index (χ0) is 15.1. The molecule has 0 bridgehead atoms. The molecule has 112 valence electrons. The van der Waals surface area contributed by atoms with Gasteiger partial charge >= 0.3 is 0 Å². The molecule has 1 aliphatic heterocycles. The second-order valence-electron chi connectivity index (χ2n) is 5.77. The van der Waals surface area contributed by atoms with Crippen LogP contribution in [0.25, 0.3) is 0 Å². The molecule has 2 unspecified atom stereocenters. The van der Waals surface area contributed by atoms with Gasteiger partial charge in [-0.3, -0.25) is 0 Å². The van der Waals surface area contributed by atoms with E-state index in [0.29, 0.717) is 10.6 Å². The van der Waals surface area contributed by atoms with Crippen LogP contribution in [0.3, 0.4) is 0 Å². The van der Waals surface area contributed by atoms with Gasteiger partial charge < -0.3 is 5.73 Å². The maximum atomic E-state index is 13.1. The van der Waals surface area contributed by atoms with Gasteiger partial charge in [0, 0.05) is 12.1 Å². The van der Waals surface area contributed by atoms with Crippen LogP contribution in [-0.4, -0.2) is 24.8 Å². The van der Waals surface area contributed by atoms with Crippen LogP contribution in [0.4, 0.5) is 5.69 Å². The maximum absolute atomic E-state index is 13.1. The SMILES string of the molecule is CCC1CCC(C)N1S(=O)(=O)c1c(C)ccc(C)c1N. The zero-order valence-electron chi connectivity index (χ0n) is 12.7. The molecule has 4 nitrogen and oxygen atoms in total. The predicted octanol–water partition coefficient (Wildman–Crippen LogP) is 2.84. The summed E-state index contributed by atoms with van der Waals surface area (Å²) in [5.41, 5.74) is 7.99. The average Bonchev–Trinajstić information content (AvgIpc) is 2.76. The first kappa shape index (κ1) is 15.3. The van der Waals surface area contributed by atoms with E-state index in [4.69, 9.17) is 5.73 Å². The van der Waals surface area contributed by atoms with Gasteiger partial charge in [-0.15, -0.1) is 0 Å². The first-order valence-corrected chi connectivity index (χ1v) is 8.64. The molecule has 1 saturated heterocycles. The van der Waals surface area contributed by atoms with Crippen molar-refractivity contribution in [1.82, 2.24) is 4.31 Å². The summed E-state index contributed by atoms with van der Waals surface area (Å²) < 4.78 is 27.8. The lowest BCUT2D eigenvalue weighted by molar-refractivity contribution is 0.328. The van der Waals surface area contributed by atoms with Crippen LogP contribution in [0.1, 0.15) is 44.2 Å². The van der Waals surface area contributed by atoms with E-state index in [1.165, 1.54) is 0 Å². The molecule has 0 spiro atoms. The van der Waals surface area contributed by atoms with Gasteiger partial charge in [0.15, 0.2) is 0 Å². The van der Waals surface area contributed by atoms with Crippen LogP contribution in [0, 0.1) is 13.8 Å². The van der Waals surface area contributed by atoms with Gasteiger partial charge in [-0.1, -0.05) is 19.1 Å². The number of nitrogens with two attached hydrogens (primary N) is 1. The van der Waals surface area contributed by atoms with Crippen LogP contribution < -0.4 is 5.73 Å². The van der Waals surface area contributed by atoms with E-state index in [9.17, 15) is 8.42 Å². The summed E-state index contributed by atoms with van der Waals surface area (Å²) in [7, 11) is -3.52. The van der Waals surface area contributed by atoms with E-state index in [0.717, 1.165) is 30.4 Å². The van der Waals surface area contributed by atoms with E-state index < -0.39 is 10.0 Å². The number of hydrogen-bond acceptors (Lipinski definition) is 3. The number of hydrogen-bond donors (Lipinski definition) is 1. The smallest absolute Gasteiger partial charge is 0.245 e. The van der Waals surface area contributed by atoms with E-state index in [1.54, 1.807) is 4.31 Å². The number of aryl methyl sites for hydroxylation is 2. The second-order valence-corrected chi connectivity index (χ2v) is 7.55. The van der Waals surface area contributed by atoms with Crippen molar-refractivity contribution in [3.05, 3.63) is 23.3 Å². The number of rotatable bonds is 3. The predicted molar refractivity (Wildman–Crippen MR) is 82.1 cm³/mol. The molecule has 0 saturated carbocycles. The Morgan fingerprint density at radius 2 is 1.85 bits per heavy atom. The molecule has 0 aliphatic carbocycles. The number of nitrogen functional groups attached to an aromatic ring is 1. The molecule has 1 aromatic carbocycles. The fourth-order valence-electron chi connectivity index (χ4n) is 3.12. The number of benzene rings is 1. The van der Waals surface area contributed by atoms with Gasteiger partial charge in [0.05, 0.1) is 5.69 Å². The van der Waals surface area contributed by atoms with Gasteiger partial charge in [-0.05, 0) is 51.2 Å². The average molecular weight is 296 g/mol. The van der Waals surface area contributed by atoms with Crippen LogP contribution in [0.5, 0.6) is 0 Å². The van der Waals surface area contributed by atoms with Crippen molar-refractivity contribution in [2.24, 2.45) is 0 Å². The lowest BCUT2D eigenvalue weighted by Gasteiger charge is -2.28. The second kappa shape index (κ2) is 5.37. The Morgan fingerprint density at radius 1 is 1.25 bits per heavy atom. The van der Waals surface area contributed by atoms with Gasteiger partial charge in [0.1, 0.15) is 4.90 Å². The van der Waals surface area contributed by atoms with Crippen molar-refractivity contribution in [2.75, 3.05) is 5.73 Å². The van der Waals surface area contributed by atoms with Crippen molar-refractivity contribution in [2.45, 2.75) is 63.9 Å². The zero-order valence-corrected chi connectivity index (χ0v) is 13.5. The standard InChI is InChI=1S/C15H24N2O2S/c1-5-13-9-8-12(4)17(13)20(18,19)15-11(3)7-6-10(2)14(15)16/h6-7,12-13H,5,8-9,16H2,1-4H3.